The first-order chi connectivity index (χ1) is 12.0. The number of oxime groups is 1. The van der Waals surface area contributed by atoms with Crippen LogP contribution in [0.3, 0.4) is 0 Å². The number of nitrogens with two attached hydrogens (primary N) is 1. The van der Waals surface area contributed by atoms with Gasteiger partial charge in [-0.25, -0.2) is 4.39 Å². The Morgan fingerprint density at radius 2 is 1.96 bits per heavy atom. The molecule has 6 heteroatoms. The van der Waals surface area contributed by atoms with E-state index in [9.17, 15) is 9.18 Å². The number of amides is 1. The van der Waals surface area contributed by atoms with Gasteiger partial charge in [-0.1, -0.05) is 47.6 Å². The Morgan fingerprint density at radius 3 is 2.68 bits per heavy atom. The fourth-order valence-electron chi connectivity index (χ4n) is 2.13. The molecule has 0 saturated heterocycles. The second-order valence-corrected chi connectivity index (χ2v) is 5.70. The summed E-state index contributed by atoms with van der Waals surface area (Å²) >= 11 is 0. The van der Waals surface area contributed by atoms with Crippen molar-refractivity contribution in [3.05, 3.63) is 71.0 Å². The van der Waals surface area contributed by atoms with E-state index in [0.29, 0.717) is 23.4 Å². The van der Waals surface area contributed by atoms with Gasteiger partial charge in [0, 0.05) is 13.0 Å². The molecule has 132 valence electrons. The predicted molar refractivity (Wildman–Crippen MR) is 95.3 cm³/mol. The van der Waals surface area contributed by atoms with Gasteiger partial charge in [-0.3, -0.25) is 4.79 Å². The second kappa shape index (κ2) is 9.42. The molecular weight excluding hydrogens is 321 g/mol. The van der Waals surface area contributed by atoms with Crippen molar-refractivity contribution in [2.24, 2.45) is 10.9 Å². The van der Waals surface area contributed by atoms with Crippen LogP contribution >= 0.6 is 0 Å². The molecule has 0 aliphatic rings. The van der Waals surface area contributed by atoms with Crippen molar-refractivity contribution in [2.75, 3.05) is 6.61 Å². The summed E-state index contributed by atoms with van der Waals surface area (Å²) in [5.74, 6) is -0.309. The van der Waals surface area contributed by atoms with Crippen LogP contribution in [0.5, 0.6) is 0 Å². The number of amidine groups is 1. The maximum atomic E-state index is 13.4. The van der Waals surface area contributed by atoms with Crippen molar-refractivity contribution >= 4 is 11.7 Å². The van der Waals surface area contributed by atoms with Crippen LogP contribution in [-0.2, 0) is 22.6 Å². The van der Waals surface area contributed by atoms with Gasteiger partial charge < -0.3 is 15.9 Å². The van der Waals surface area contributed by atoms with Gasteiger partial charge in [0.2, 0.25) is 0 Å². The van der Waals surface area contributed by atoms with Crippen LogP contribution in [0, 0.1) is 12.7 Å². The predicted octanol–water partition coefficient (Wildman–Crippen LogP) is 2.67. The van der Waals surface area contributed by atoms with E-state index in [1.807, 2.05) is 30.3 Å². The Hall–Kier alpha value is -2.89. The van der Waals surface area contributed by atoms with E-state index in [4.69, 9.17) is 10.6 Å². The Labute approximate surface area is 146 Å². The lowest BCUT2D eigenvalue weighted by Crippen LogP contribution is -2.27. The molecule has 25 heavy (non-hydrogen) atoms. The minimum absolute atomic E-state index is 0.229. The van der Waals surface area contributed by atoms with E-state index < -0.39 is 0 Å². The van der Waals surface area contributed by atoms with Gasteiger partial charge in [-0.05, 0) is 36.1 Å². The third kappa shape index (κ3) is 6.63. The molecule has 0 aliphatic carbocycles. The van der Waals surface area contributed by atoms with Crippen LogP contribution in [0.1, 0.15) is 23.1 Å². The largest absolute Gasteiger partial charge is 0.384 e. The summed E-state index contributed by atoms with van der Waals surface area (Å²) in [4.78, 5) is 16.6. The van der Waals surface area contributed by atoms with Gasteiger partial charge in [0.15, 0.2) is 6.61 Å². The summed E-state index contributed by atoms with van der Waals surface area (Å²) in [5, 5.41) is 6.37. The number of benzene rings is 2. The molecule has 2 rings (SSSR count). The average molecular weight is 343 g/mol. The standard InChI is InChI=1S/C19H22FN3O2/c1-14-7-8-16(11-17(14)20)12-22-19(24)13-25-23-18(21)10-9-15-5-3-2-4-6-15/h2-8,11H,9-10,12-13H2,1H3,(H2,21,23)(H,22,24). The van der Waals surface area contributed by atoms with E-state index in [-0.39, 0.29) is 24.9 Å². The molecule has 0 bridgehead atoms. The quantitative estimate of drug-likeness (QED) is 0.439. The molecule has 2 aromatic carbocycles. The third-order valence-corrected chi connectivity index (χ3v) is 3.62. The molecule has 0 aliphatic heterocycles. The number of halogens is 1. The Balaban J connectivity index is 1.67. The molecule has 0 aromatic heterocycles. The SMILES string of the molecule is Cc1ccc(CNC(=O)CO/N=C(\N)CCc2ccccc2)cc1F. The summed E-state index contributed by atoms with van der Waals surface area (Å²) in [6.07, 6.45) is 1.30. The molecule has 0 unspecified atom stereocenters. The summed E-state index contributed by atoms with van der Waals surface area (Å²) in [6.45, 7) is 1.68. The third-order valence-electron chi connectivity index (χ3n) is 3.62. The van der Waals surface area contributed by atoms with Gasteiger partial charge in [0.1, 0.15) is 11.7 Å². The zero-order chi connectivity index (χ0) is 18.1. The summed E-state index contributed by atoms with van der Waals surface area (Å²) in [6, 6.07) is 14.7. The van der Waals surface area contributed by atoms with E-state index in [1.54, 1.807) is 19.1 Å². The number of nitrogens with zero attached hydrogens (tertiary/aromatic N) is 1. The first-order valence-corrected chi connectivity index (χ1v) is 8.04. The van der Waals surface area contributed by atoms with Crippen LogP contribution < -0.4 is 11.1 Å². The summed E-state index contributed by atoms with van der Waals surface area (Å²) in [7, 11) is 0. The molecule has 0 fully saturated rings. The monoisotopic (exact) mass is 343 g/mol. The van der Waals surface area contributed by atoms with Crippen molar-refractivity contribution in [2.45, 2.75) is 26.3 Å². The second-order valence-electron chi connectivity index (χ2n) is 5.70. The number of hydrogen-bond donors (Lipinski definition) is 2. The number of nitrogens with one attached hydrogen (secondary N) is 1. The lowest BCUT2D eigenvalue weighted by Gasteiger charge is -2.06. The number of carbonyl (C=O) groups excluding carboxylic acids is 1. The zero-order valence-electron chi connectivity index (χ0n) is 14.2. The topological polar surface area (TPSA) is 76.7 Å². The number of rotatable bonds is 8. The molecular formula is C19H22FN3O2. The van der Waals surface area contributed by atoms with Crippen LogP contribution in [0.2, 0.25) is 0 Å². The molecule has 0 heterocycles. The molecule has 2 aromatic rings. The Kier molecular flexibility index (Phi) is 6.95. The average Bonchev–Trinajstić information content (AvgIpc) is 2.62. The van der Waals surface area contributed by atoms with Gasteiger partial charge >= 0.3 is 0 Å². The van der Waals surface area contributed by atoms with Crippen molar-refractivity contribution in [1.29, 1.82) is 0 Å². The molecule has 3 N–H and O–H groups in total. The number of aryl methyl sites for hydroxylation is 2. The smallest absolute Gasteiger partial charge is 0.261 e. The van der Waals surface area contributed by atoms with E-state index in [2.05, 4.69) is 10.5 Å². The zero-order valence-corrected chi connectivity index (χ0v) is 14.2. The molecule has 0 atom stereocenters. The van der Waals surface area contributed by atoms with E-state index in [1.165, 1.54) is 6.07 Å². The molecule has 5 nitrogen and oxygen atoms in total. The highest BCUT2D eigenvalue weighted by Crippen LogP contribution is 2.08. The number of carbonyl (C=O) groups is 1. The highest BCUT2D eigenvalue weighted by atomic mass is 19.1. The highest BCUT2D eigenvalue weighted by Gasteiger charge is 2.04. The van der Waals surface area contributed by atoms with Crippen LogP contribution in [0.25, 0.3) is 0 Å². The minimum atomic E-state index is -0.347. The maximum absolute atomic E-state index is 13.4. The van der Waals surface area contributed by atoms with Crippen molar-refractivity contribution < 1.29 is 14.0 Å². The molecule has 0 radical (unpaired) electrons. The highest BCUT2D eigenvalue weighted by molar-refractivity contribution is 5.80. The van der Waals surface area contributed by atoms with E-state index in [0.717, 1.165) is 12.0 Å². The van der Waals surface area contributed by atoms with Crippen LogP contribution in [0.4, 0.5) is 4.39 Å². The lowest BCUT2D eigenvalue weighted by atomic mass is 10.1. The van der Waals surface area contributed by atoms with Crippen LogP contribution in [0.15, 0.2) is 53.7 Å². The van der Waals surface area contributed by atoms with Crippen molar-refractivity contribution in [3.63, 3.8) is 0 Å². The van der Waals surface area contributed by atoms with Crippen molar-refractivity contribution in [3.8, 4) is 0 Å². The van der Waals surface area contributed by atoms with Crippen molar-refractivity contribution in [1.82, 2.24) is 5.32 Å². The van der Waals surface area contributed by atoms with Gasteiger partial charge in [0.05, 0.1) is 0 Å². The van der Waals surface area contributed by atoms with Gasteiger partial charge in [-0.2, -0.15) is 0 Å². The maximum Gasteiger partial charge on any atom is 0.261 e. The first-order valence-electron chi connectivity index (χ1n) is 8.04. The molecule has 0 saturated carbocycles. The molecule has 1 amide bonds. The summed E-state index contributed by atoms with van der Waals surface area (Å²) < 4.78 is 13.4. The minimum Gasteiger partial charge on any atom is -0.384 e. The fraction of sp³-hybridized carbons (Fsp3) is 0.263. The van der Waals surface area contributed by atoms with Gasteiger partial charge in [-0.15, -0.1) is 0 Å². The summed E-state index contributed by atoms with van der Waals surface area (Å²) in [5.41, 5.74) is 8.16. The van der Waals surface area contributed by atoms with E-state index >= 15 is 0 Å². The van der Waals surface area contributed by atoms with Crippen LogP contribution in [-0.4, -0.2) is 18.3 Å². The Bertz CT molecular complexity index is 733. The fourth-order valence-corrected chi connectivity index (χ4v) is 2.13. The normalized spacial score (nSPS) is 11.2. The lowest BCUT2D eigenvalue weighted by molar-refractivity contribution is -0.125. The number of hydrogen-bond acceptors (Lipinski definition) is 3. The Morgan fingerprint density at radius 1 is 1.20 bits per heavy atom. The molecule has 0 spiro atoms. The van der Waals surface area contributed by atoms with Gasteiger partial charge in [0.25, 0.3) is 5.91 Å². The first kappa shape index (κ1) is 18.4.